The fourth-order valence-corrected chi connectivity index (χ4v) is 6.14. The van der Waals surface area contributed by atoms with Crippen molar-refractivity contribution in [3.63, 3.8) is 0 Å². The number of nitrogens with zero attached hydrogens (tertiary/aromatic N) is 3. The normalized spacial score (nSPS) is 22.6. The molecule has 2 aliphatic heterocycles. The third-order valence-corrected chi connectivity index (χ3v) is 8.05. The molecule has 1 N–H and O–H groups in total. The van der Waals surface area contributed by atoms with Gasteiger partial charge in [-0.25, -0.2) is 8.42 Å². The average Bonchev–Trinajstić information content (AvgIpc) is 2.92. The SMILES string of the molecule is CC1CCCN(S(=O)(=O)c2ccc(N3CCC(O)c4ccccc4C3)c([N+](=O)[O-])c2)C1. The maximum Gasteiger partial charge on any atom is 0.293 e. The Morgan fingerprint density at radius 1 is 1.13 bits per heavy atom. The number of rotatable bonds is 4. The Morgan fingerprint density at radius 3 is 2.65 bits per heavy atom. The Hall–Kier alpha value is -2.49. The van der Waals surface area contributed by atoms with Crippen LogP contribution in [0.4, 0.5) is 11.4 Å². The first-order valence-electron chi connectivity index (χ1n) is 10.6. The van der Waals surface area contributed by atoms with Gasteiger partial charge in [0.05, 0.1) is 15.9 Å². The van der Waals surface area contributed by atoms with Crippen molar-refractivity contribution in [1.82, 2.24) is 4.31 Å². The molecule has 0 bridgehead atoms. The molecule has 2 unspecified atom stereocenters. The molecule has 1 fully saturated rings. The van der Waals surface area contributed by atoms with Crippen LogP contribution in [0.5, 0.6) is 0 Å². The molecule has 2 aromatic carbocycles. The number of sulfonamides is 1. The molecule has 2 aromatic rings. The fourth-order valence-electron chi connectivity index (χ4n) is 4.52. The summed E-state index contributed by atoms with van der Waals surface area (Å²) in [6.07, 6.45) is 1.56. The molecule has 0 radical (unpaired) electrons. The minimum atomic E-state index is -3.79. The highest BCUT2D eigenvalue weighted by Crippen LogP contribution is 2.36. The topological polar surface area (TPSA) is 104 Å². The highest BCUT2D eigenvalue weighted by atomic mass is 32.2. The standard InChI is InChI=1S/C22H27N3O5S/c1-16-5-4-11-24(14-16)31(29,30)18-8-9-20(21(13-18)25(27)28)23-12-10-22(26)19-7-3-2-6-17(19)15-23/h2-3,6-9,13,16,22,26H,4-5,10-12,14-15H2,1H3. The van der Waals surface area contributed by atoms with E-state index in [1.165, 1.54) is 22.5 Å². The Labute approximate surface area is 182 Å². The molecule has 8 nitrogen and oxygen atoms in total. The molecule has 0 saturated carbocycles. The van der Waals surface area contributed by atoms with Gasteiger partial charge < -0.3 is 10.0 Å². The lowest BCUT2D eigenvalue weighted by Gasteiger charge is -2.30. The first-order chi connectivity index (χ1) is 14.8. The van der Waals surface area contributed by atoms with E-state index in [1.807, 2.05) is 36.1 Å². The van der Waals surface area contributed by atoms with Gasteiger partial charge in [-0.1, -0.05) is 31.2 Å². The van der Waals surface area contributed by atoms with Crippen LogP contribution in [0.3, 0.4) is 0 Å². The number of fused-ring (bicyclic) bond motifs is 1. The molecule has 0 spiro atoms. The van der Waals surface area contributed by atoms with E-state index in [1.54, 1.807) is 0 Å². The van der Waals surface area contributed by atoms with Crippen LogP contribution in [0.15, 0.2) is 47.4 Å². The first-order valence-corrected chi connectivity index (χ1v) is 12.0. The fraction of sp³-hybridized carbons (Fsp3) is 0.455. The van der Waals surface area contributed by atoms with Crippen LogP contribution in [-0.4, -0.2) is 42.4 Å². The number of anilines is 1. The van der Waals surface area contributed by atoms with Crippen molar-refractivity contribution in [3.8, 4) is 0 Å². The summed E-state index contributed by atoms with van der Waals surface area (Å²) < 4.78 is 27.7. The zero-order valence-corrected chi connectivity index (χ0v) is 18.3. The molecule has 4 rings (SSSR count). The van der Waals surface area contributed by atoms with Gasteiger partial charge >= 0.3 is 0 Å². The predicted molar refractivity (Wildman–Crippen MR) is 117 cm³/mol. The number of nitro benzene ring substituents is 1. The van der Waals surface area contributed by atoms with Crippen molar-refractivity contribution in [1.29, 1.82) is 0 Å². The molecule has 2 atom stereocenters. The van der Waals surface area contributed by atoms with E-state index < -0.39 is 21.1 Å². The molecule has 166 valence electrons. The van der Waals surface area contributed by atoms with Crippen LogP contribution in [-0.2, 0) is 16.6 Å². The zero-order chi connectivity index (χ0) is 22.2. The van der Waals surface area contributed by atoms with Crippen LogP contribution in [0.25, 0.3) is 0 Å². The number of aliphatic hydroxyl groups excluding tert-OH is 1. The summed E-state index contributed by atoms with van der Waals surface area (Å²) in [5.74, 6) is 0.265. The van der Waals surface area contributed by atoms with E-state index in [9.17, 15) is 23.6 Å². The quantitative estimate of drug-likeness (QED) is 0.571. The monoisotopic (exact) mass is 445 g/mol. The molecule has 2 heterocycles. The maximum absolute atomic E-state index is 13.1. The Bertz CT molecular complexity index is 1090. The van der Waals surface area contributed by atoms with E-state index >= 15 is 0 Å². The van der Waals surface area contributed by atoms with Gasteiger partial charge in [-0.05, 0) is 48.4 Å². The highest BCUT2D eigenvalue weighted by Gasteiger charge is 2.32. The van der Waals surface area contributed by atoms with Crippen LogP contribution in [0.1, 0.15) is 43.4 Å². The number of piperidine rings is 1. The van der Waals surface area contributed by atoms with Gasteiger partial charge in [-0.15, -0.1) is 0 Å². The summed E-state index contributed by atoms with van der Waals surface area (Å²) in [4.78, 5) is 13.2. The van der Waals surface area contributed by atoms with Crippen molar-refractivity contribution in [2.75, 3.05) is 24.5 Å². The first kappa shape index (κ1) is 21.7. The molecular weight excluding hydrogens is 418 g/mol. The van der Waals surface area contributed by atoms with Crippen molar-refractivity contribution >= 4 is 21.4 Å². The van der Waals surface area contributed by atoms with Crippen molar-refractivity contribution in [3.05, 3.63) is 63.7 Å². The predicted octanol–water partition coefficient (Wildman–Crippen LogP) is 3.46. The lowest BCUT2D eigenvalue weighted by molar-refractivity contribution is -0.384. The van der Waals surface area contributed by atoms with E-state index in [2.05, 4.69) is 0 Å². The van der Waals surface area contributed by atoms with E-state index in [0.717, 1.165) is 24.0 Å². The van der Waals surface area contributed by atoms with Crippen molar-refractivity contribution in [2.45, 2.75) is 43.7 Å². The molecule has 1 saturated heterocycles. The van der Waals surface area contributed by atoms with E-state index in [0.29, 0.717) is 38.3 Å². The molecular formula is C22H27N3O5S. The number of aliphatic hydroxyl groups is 1. The molecule has 31 heavy (non-hydrogen) atoms. The van der Waals surface area contributed by atoms with Crippen molar-refractivity contribution < 1.29 is 18.4 Å². The summed E-state index contributed by atoms with van der Waals surface area (Å²) >= 11 is 0. The second-order valence-corrected chi connectivity index (χ2v) is 10.4. The number of nitro groups is 1. The van der Waals surface area contributed by atoms with Gasteiger partial charge in [-0.2, -0.15) is 4.31 Å². The largest absolute Gasteiger partial charge is 0.388 e. The lowest BCUT2D eigenvalue weighted by Crippen LogP contribution is -2.39. The molecule has 0 amide bonds. The van der Waals surface area contributed by atoms with Crippen LogP contribution < -0.4 is 4.90 Å². The molecule has 0 aliphatic carbocycles. The Balaban J connectivity index is 1.69. The molecule has 9 heteroatoms. The Kier molecular flexibility index (Phi) is 6.00. The van der Waals surface area contributed by atoms with Gasteiger partial charge in [0.2, 0.25) is 10.0 Å². The third kappa shape index (κ3) is 4.30. The minimum absolute atomic E-state index is 0.0488. The van der Waals surface area contributed by atoms with Gasteiger partial charge in [0.25, 0.3) is 5.69 Å². The summed E-state index contributed by atoms with van der Waals surface area (Å²) in [7, 11) is -3.79. The van der Waals surface area contributed by atoms with E-state index in [-0.39, 0.29) is 16.5 Å². The summed E-state index contributed by atoms with van der Waals surface area (Å²) in [6.45, 7) is 3.71. The summed E-state index contributed by atoms with van der Waals surface area (Å²) in [5.41, 5.74) is 1.85. The average molecular weight is 446 g/mol. The highest BCUT2D eigenvalue weighted by molar-refractivity contribution is 7.89. The second kappa shape index (κ2) is 8.57. The smallest absolute Gasteiger partial charge is 0.293 e. The second-order valence-electron chi connectivity index (χ2n) is 8.44. The Morgan fingerprint density at radius 2 is 1.90 bits per heavy atom. The molecule has 2 aliphatic rings. The van der Waals surface area contributed by atoms with E-state index in [4.69, 9.17) is 0 Å². The van der Waals surface area contributed by atoms with Gasteiger partial charge in [0.1, 0.15) is 5.69 Å². The van der Waals surface area contributed by atoms with Crippen molar-refractivity contribution in [2.24, 2.45) is 5.92 Å². The maximum atomic E-state index is 13.1. The van der Waals surface area contributed by atoms with Gasteiger partial charge in [0.15, 0.2) is 0 Å². The van der Waals surface area contributed by atoms with Gasteiger partial charge in [-0.3, -0.25) is 10.1 Å². The van der Waals surface area contributed by atoms with Gasteiger partial charge in [0, 0.05) is 32.2 Å². The van der Waals surface area contributed by atoms with Crippen LogP contribution in [0, 0.1) is 16.0 Å². The summed E-state index contributed by atoms with van der Waals surface area (Å²) in [5, 5.41) is 22.3. The molecule has 0 aromatic heterocycles. The lowest BCUT2D eigenvalue weighted by atomic mass is 10.0. The zero-order valence-electron chi connectivity index (χ0n) is 17.5. The third-order valence-electron chi connectivity index (χ3n) is 6.19. The number of benzene rings is 2. The minimum Gasteiger partial charge on any atom is -0.388 e. The number of hydrogen-bond acceptors (Lipinski definition) is 6. The number of hydrogen-bond donors (Lipinski definition) is 1. The van der Waals surface area contributed by atoms with Crippen LogP contribution in [0.2, 0.25) is 0 Å². The summed E-state index contributed by atoms with van der Waals surface area (Å²) in [6, 6.07) is 11.7. The van der Waals surface area contributed by atoms with Crippen LogP contribution >= 0.6 is 0 Å².